The minimum Gasteiger partial charge on any atom is -0.508 e. The van der Waals surface area contributed by atoms with Crippen molar-refractivity contribution in [3.8, 4) is 11.5 Å². The Morgan fingerprint density at radius 3 is 2.65 bits per heavy atom. The molecule has 0 radical (unpaired) electrons. The van der Waals surface area contributed by atoms with E-state index in [1.807, 2.05) is 24.3 Å². The molecule has 0 atom stereocenters. The van der Waals surface area contributed by atoms with E-state index in [1.54, 1.807) is 37.6 Å². The maximum Gasteiger partial charge on any atom is 0.157 e. The van der Waals surface area contributed by atoms with Crippen LogP contribution in [-0.4, -0.2) is 22.2 Å². The molecule has 7 nitrogen and oxygen atoms in total. The number of furan rings is 1. The standard InChI is InChI=1S/C19H16N4O3/c1-25-15-7-12-5-6-26-19(12)16(9-15)23-18-10-17(20-11-21-18)22-13-3-2-4-14(24)8-13/h2-11,24H,1H3,(H2,20,21,22,23). The van der Waals surface area contributed by atoms with E-state index in [4.69, 9.17) is 9.15 Å². The fraction of sp³-hybridized carbons (Fsp3) is 0.0526. The van der Waals surface area contributed by atoms with Gasteiger partial charge in [-0.05, 0) is 24.3 Å². The number of aromatic hydroxyl groups is 1. The zero-order valence-electron chi connectivity index (χ0n) is 13.9. The number of methoxy groups -OCH3 is 1. The maximum atomic E-state index is 9.56. The molecule has 0 saturated carbocycles. The third-order valence-corrected chi connectivity index (χ3v) is 3.81. The summed E-state index contributed by atoms with van der Waals surface area (Å²) in [6.07, 6.45) is 3.08. The minimum absolute atomic E-state index is 0.180. The highest BCUT2D eigenvalue weighted by atomic mass is 16.5. The molecular weight excluding hydrogens is 332 g/mol. The van der Waals surface area contributed by atoms with E-state index < -0.39 is 0 Å². The largest absolute Gasteiger partial charge is 0.508 e. The van der Waals surface area contributed by atoms with E-state index in [1.165, 1.54) is 6.33 Å². The van der Waals surface area contributed by atoms with E-state index in [-0.39, 0.29) is 5.75 Å². The van der Waals surface area contributed by atoms with Crippen molar-refractivity contribution < 1.29 is 14.3 Å². The molecule has 4 aromatic rings. The summed E-state index contributed by atoms with van der Waals surface area (Å²) in [6, 6.07) is 14.2. The number of nitrogens with one attached hydrogen (secondary N) is 2. The Balaban J connectivity index is 1.62. The Morgan fingerprint density at radius 1 is 1.00 bits per heavy atom. The molecule has 0 unspecified atom stereocenters. The third-order valence-electron chi connectivity index (χ3n) is 3.81. The van der Waals surface area contributed by atoms with Gasteiger partial charge < -0.3 is 24.9 Å². The van der Waals surface area contributed by atoms with Crippen LogP contribution in [0.2, 0.25) is 0 Å². The van der Waals surface area contributed by atoms with Crippen molar-refractivity contribution in [1.29, 1.82) is 0 Å². The van der Waals surface area contributed by atoms with Gasteiger partial charge in [-0.25, -0.2) is 9.97 Å². The van der Waals surface area contributed by atoms with Crippen molar-refractivity contribution in [2.45, 2.75) is 0 Å². The van der Waals surface area contributed by atoms with E-state index in [2.05, 4.69) is 20.6 Å². The molecule has 26 heavy (non-hydrogen) atoms. The highest BCUT2D eigenvalue weighted by molar-refractivity contribution is 5.92. The van der Waals surface area contributed by atoms with Crippen LogP contribution in [0.1, 0.15) is 0 Å². The van der Waals surface area contributed by atoms with Crippen LogP contribution in [0.3, 0.4) is 0 Å². The maximum absolute atomic E-state index is 9.56. The number of fused-ring (bicyclic) bond motifs is 1. The number of anilines is 4. The Labute approximate surface area is 149 Å². The number of hydrogen-bond donors (Lipinski definition) is 3. The highest BCUT2D eigenvalue weighted by Gasteiger charge is 2.09. The molecule has 2 aromatic carbocycles. The first-order valence-corrected chi connectivity index (χ1v) is 7.91. The predicted octanol–water partition coefficient (Wildman–Crippen LogP) is 4.42. The van der Waals surface area contributed by atoms with Crippen molar-refractivity contribution in [2.24, 2.45) is 0 Å². The normalized spacial score (nSPS) is 10.7. The van der Waals surface area contributed by atoms with E-state index in [0.717, 1.165) is 16.8 Å². The van der Waals surface area contributed by atoms with Gasteiger partial charge in [-0.2, -0.15) is 0 Å². The lowest BCUT2D eigenvalue weighted by molar-refractivity contribution is 0.415. The minimum atomic E-state index is 0.180. The van der Waals surface area contributed by atoms with Crippen molar-refractivity contribution >= 4 is 34.0 Å². The summed E-state index contributed by atoms with van der Waals surface area (Å²) in [5.41, 5.74) is 2.18. The molecule has 0 aliphatic heterocycles. The second-order valence-corrected chi connectivity index (χ2v) is 5.60. The van der Waals surface area contributed by atoms with Gasteiger partial charge in [-0.15, -0.1) is 0 Å². The topological polar surface area (TPSA) is 92.4 Å². The number of hydrogen-bond acceptors (Lipinski definition) is 7. The molecule has 0 amide bonds. The number of aromatic nitrogens is 2. The van der Waals surface area contributed by atoms with Gasteiger partial charge in [0.2, 0.25) is 0 Å². The number of ether oxygens (including phenoxy) is 1. The van der Waals surface area contributed by atoms with E-state index >= 15 is 0 Å². The van der Waals surface area contributed by atoms with Gasteiger partial charge in [0, 0.05) is 29.3 Å². The van der Waals surface area contributed by atoms with Crippen LogP contribution in [0, 0.1) is 0 Å². The summed E-state index contributed by atoms with van der Waals surface area (Å²) < 4.78 is 10.9. The van der Waals surface area contributed by atoms with Gasteiger partial charge in [0.25, 0.3) is 0 Å². The zero-order valence-corrected chi connectivity index (χ0v) is 13.9. The molecule has 7 heteroatoms. The SMILES string of the molecule is COc1cc(Nc2cc(Nc3cccc(O)c3)ncn2)c2occc2c1. The molecule has 2 heterocycles. The lowest BCUT2D eigenvalue weighted by atomic mass is 10.2. The molecule has 2 aromatic heterocycles. The number of nitrogens with zero attached hydrogens (tertiary/aromatic N) is 2. The quantitative estimate of drug-likeness (QED) is 0.491. The number of rotatable bonds is 5. The van der Waals surface area contributed by atoms with Gasteiger partial charge >= 0.3 is 0 Å². The Morgan fingerprint density at radius 2 is 1.85 bits per heavy atom. The van der Waals surface area contributed by atoms with Crippen molar-refractivity contribution in [1.82, 2.24) is 9.97 Å². The first-order valence-electron chi connectivity index (χ1n) is 7.91. The molecule has 0 fully saturated rings. The van der Waals surface area contributed by atoms with E-state index in [0.29, 0.717) is 23.0 Å². The van der Waals surface area contributed by atoms with Crippen LogP contribution < -0.4 is 15.4 Å². The molecule has 3 N–H and O–H groups in total. The van der Waals surface area contributed by atoms with Gasteiger partial charge in [-0.3, -0.25) is 0 Å². The predicted molar refractivity (Wildman–Crippen MR) is 99.5 cm³/mol. The van der Waals surface area contributed by atoms with Crippen molar-refractivity contribution in [3.05, 3.63) is 61.1 Å². The molecule has 130 valence electrons. The van der Waals surface area contributed by atoms with Crippen LogP contribution in [0.15, 0.2) is 65.5 Å². The van der Waals surface area contributed by atoms with Gasteiger partial charge in [0.05, 0.1) is 19.1 Å². The van der Waals surface area contributed by atoms with E-state index in [9.17, 15) is 5.11 Å². The average molecular weight is 348 g/mol. The molecule has 0 aliphatic carbocycles. The number of benzene rings is 2. The van der Waals surface area contributed by atoms with Crippen LogP contribution in [0.4, 0.5) is 23.0 Å². The second-order valence-electron chi connectivity index (χ2n) is 5.60. The summed E-state index contributed by atoms with van der Waals surface area (Å²) in [4.78, 5) is 8.45. The fourth-order valence-electron chi connectivity index (χ4n) is 2.63. The van der Waals surface area contributed by atoms with Crippen LogP contribution in [0.25, 0.3) is 11.0 Å². The Hall–Kier alpha value is -3.74. The fourth-order valence-corrected chi connectivity index (χ4v) is 2.63. The summed E-state index contributed by atoms with van der Waals surface area (Å²) in [6.45, 7) is 0. The Kier molecular flexibility index (Phi) is 4.03. The van der Waals surface area contributed by atoms with Gasteiger partial charge in [0.15, 0.2) is 5.58 Å². The Bertz CT molecular complexity index is 1060. The molecule has 0 spiro atoms. The average Bonchev–Trinajstić information content (AvgIpc) is 3.11. The summed E-state index contributed by atoms with van der Waals surface area (Å²) in [5, 5.41) is 16.8. The third kappa shape index (κ3) is 3.23. The molecule has 0 saturated heterocycles. The smallest absolute Gasteiger partial charge is 0.157 e. The monoisotopic (exact) mass is 348 g/mol. The van der Waals surface area contributed by atoms with Crippen LogP contribution in [0.5, 0.6) is 11.5 Å². The van der Waals surface area contributed by atoms with Gasteiger partial charge in [-0.1, -0.05) is 6.07 Å². The van der Waals surface area contributed by atoms with Crippen LogP contribution in [-0.2, 0) is 0 Å². The zero-order chi connectivity index (χ0) is 17.9. The molecule has 0 aliphatic rings. The lowest BCUT2D eigenvalue weighted by Crippen LogP contribution is -1.99. The highest BCUT2D eigenvalue weighted by Crippen LogP contribution is 2.32. The molecule has 0 bridgehead atoms. The summed E-state index contributed by atoms with van der Waals surface area (Å²) >= 11 is 0. The van der Waals surface area contributed by atoms with Crippen molar-refractivity contribution in [2.75, 3.05) is 17.7 Å². The molecule has 4 rings (SSSR count). The summed E-state index contributed by atoms with van der Waals surface area (Å²) in [7, 11) is 1.62. The lowest BCUT2D eigenvalue weighted by Gasteiger charge is -2.10. The van der Waals surface area contributed by atoms with Gasteiger partial charge in [0.1, 0.15) is 29.5 Å². The first-order chi connectivity index (χ1) is 12.7. The first kappa shape index (κ1) is 15.8. The molecular formula is C19H16N4O3. The van der Waals surface area contributed by atoms with Crippen LogP contribution >= 0.6 is 0 Å². The van der Waals surface area contributed by atoms with Crippen molar-refractivity contribution in [3.63, 3.8) is 0 Å². The number of phenolic OH excluding ortho intramolecular Hbond substituents is 1. The number of phenols is 1. The second kappa shape index (κ2) is 6.64. The summed E-state index contributed by atoms with van der Waals surface area (Å²) in [5.74, 6) is 2.08.